The van der Waals surface area contributed by atoms with Crippen LogP contribution in [0.1, 0.15) is 22.8 Å². The van der Waals surface area contributed by atoms with Gasteiger partial charge < -0.3 is 69.3 Å². The molecule has 3 aromatic rings. The standard InChI is InChI=1S/C31H30O14/c1-40-21-6-13(7-22(41-2)25(21)36)29-30(45-31-28(39)27(38)26(37)23(11-32)44-31)15-10-18(12-3-4-16(34)17(35)5-12)42-19-8-14(33)9-20(43-29)24(15)19/h3-10,23,26-29,31-39H,11H2,1-2H3/p+1/t23-,26-,27+,28-,29?,31+/m1/s1. The van der Waals surface area contributed by atoms with Gasteiger partial charge in [0.1, 0.15) is 47.2 Å². The van der Waals surface area contributed by atoms with Crippen molar-refractivity contribution < 1.29 is 69.3 Å². The van der Waals surface area contributed by atoms with Crippen molar-refractivity contribution in [3.05, 3.63) is 71.0 Å². The second-order valence-corrected chi connectivity index (χ2v) is 10.6. The second-order valence-electron chi connectivity index (χ2n) is 10.6. The van der Waals surface area contributed by atoms with Gasteiger partial charge in [-0.2, -0.15) is 0 Å². The van der Waals surface area contributed by atoms with E-state index < -0.39 is 49.2 Å². The Labute approximate surface area is 255 Å². The molecular weight excluding hydrogens is 596 g/mol. The van der Waals surface area contributed by atoms with Gasteiger partial charge in [-0.25, -0.2) is 0 Å². The average molecular weight is 628 g/mol. The Kier molecular flexibility index (Phi) is 7.76. The van der Waals surface area contributed by atoms with E-state index in [1.54, 1.807) is 6.08 Å². The van der Waals surface area contributed by atoms with E-state index in [1.165, 1.54) is 56.7 Å². The molecule has 1 fully saturated rings. The fourth-order valence-corrected chi connectivity index (χ4v) is 5.46. The first-order valence-electron chi connectivity index (χ1n) is 13.7. The van der Waals surface area contributed by atoms with Gasteiger partial charge in [0.05, 0.1) is 32.5 Å². The third-order valence-corrected chi connectivity index (χ3v) is 7.78. The average Bonchev–Trinajstić information content (AvgIpc) is 3.03. The van der Waals surface area contributed by atoms with E-state index in [9.17, 15) is 40.9 Å². The smallest absolute Gasteiger partial charge is 0.271 e. The van der Waals surface area contributed by atoms with Crippen LogP contribution in [0.15, 0.2) is 54.3 Å². The molecule has 0 aromatic heterocycles. The molecule has 6 rings (SSSR count). The zero-order valence-corrected chi connectivity index (χ0v) is 23.9. The Bertz CT molecular complexity index is 1670. The van der Waals surface area contributed by atoms with Crippen molar-refractivity contribution >= 4 is 11.3 Å². The summed E-state index contributed by atoms with van der Waals surface area (Å²) in [5, 5.41) is 82.6. The minimum Gasteiger partial charge on any atom is -0.571 e. The van der Waals surface area contributed by atoms with E-state index in [0.717, 1.165) is 0 Å². The zero-order valence-electron chi connectivity index (χ0n) is 23.9. The lowest BCUT2D eigenvalue weighted by Crippen LogP contribution is -2.59. The molecule has 45 heavy (non-hydrogen) atoms. The summed E-state index contributed by atoms with van der Waals surface area (Å²) in [6.07, 6.45) is -7.54. The van der Waals surface area contributed by atoms with Gasteiger partial charge in [0.25, 0.3) is 11.9 Å². The molecule has 0 radical (unpaired) electrons. The van der Waals surface area contributed by atoms with Crippen molar-refractivity contribution in [3.8, 4) is 46.0 Å². The van der Waals surface area contributed by atoms with Crippen molar-refractivity contribution in [1.29, 1.82) is 0 Å². The molecule has 238 valence electrons. The second kappa shape index (κ2) is 11.6. The normalized spacial score (nSPS) is 25.4. The van der Waals surface area contributed by atoms with Gasteiger partial charge in [-0.05, 0) is 36.4 Å². The fourth-order valence-electron chi connectivity index (χ4n) is 5.46. The molecule has 6 atom stereocenters. The summed E-state index contributed by atoms with van der Waals surface area (Å²) < 4.78 is 33.5. The summed E-state index contributed by atoms with van der Waals surface area (Å²) in [5.74, 6) is -0.492. The number of hydrogen-bond donors (Lipinski definition) is 8. The Morgan fingerprint density at radius 1 is 0.844 bits per heavy atom. The van der Waals surface area contributed by atoms with Crippen LogP contribution < -0.4 is 14.2 Å². The van der Waals surface area contributed by atoms with Crippen LogP contribution in [0, 0.1) is 0 Å². The fraction of sp³-hybridized carbons (Fsp3) is 0.290. The minimum absolute atomic E-state index is 0.0392. The van der Waals surface area contributed by atoms with E-state index in [4.69, 9.17) is 28.4 Å². The predicted octanol–water partition coefficient (Wildman–Crippen LogP) is 1.48. The minimum atomic E-state index is -1.77. The van der Waals surface area contributed by atoms with Crippen LogP contribution in [0.4, 0.5) is 0 Å². The van der Waals surface area contributed by atoms with Crippen molar-refractivity contribution in [1.82, 2.24) is 0 Å². The number of aliphatic hydroxyl groups is 5. The number of ether oxygens (including phenoxy) is 6. The summed E-state index contributed by atoms with van der Waals surface area (Å²) >= 11 is 0. The molecule has 0 aliphatic carbocycles. The van der Waals surface area contributed by atoms with E-state index in [1.807, 2.05) is 0 Å². The van der Waals surface area contributed by atoms with Crippen molar-refractivity contribution in [2.45, 2.75) is 36.8 Å². The lowest BCUT2D eigenvalue weighted by Gasteiger charge is -2.41. The number of benzene rings is 3. The van der Waals surface area contributed by atoms with Gasteiger partial charge in [0.2, 0.25) is 17.8 Å². The highest BCUT2D eigenvalue weighted by atomic mass is 16.7. The largest absolute Gasteiger partial charge is 0.571 e. The van der Waals surface area contributed by atoms with Gasteiger partial charge in [0.15, 0.2) is 23.0 Å². The lowest BCUT2D eigenvalue weighted by atomic mass is 9.91. The van der Waals surface area contributed by atoms with Crippen LogP contribution in [0.5, 0.6) is 46.0 Å². The number of hydrogen-bond acceptors (Lipinski definition) is 13. The summed E-state index contributed by atoms with van der Waals surface area (Å²) in [5.41, 5.74) is 1.42. The van der Waals surface area contributed by atoms with Gasteiger partial charge in [-0.15, -0.1) is 0 Å². The number of aliphatic hydroxyl groups excluding tert-OH is 4. The molecule has 9 N–H and O–H groups in total. The molecule has 0 amide bonds. The van der Waals surface area contributed by atoms with Crippen LogP contribution in [-0.2, 0) is 9.47 Å². The quantitative estimate of drug-likeness (QED) is 0.138. The Hall–Kier alpha value is -4.86. The molecule has 14 heteroatoms. The summed E-state index contributed by atoms with van der Waals surface area (Å²) in [7, 11) is 2.70. The monoisotopic (exact) mass is 627 g/mol. The van der Waals surface area contributed by atoms with E-state index >= 15 is 0 Å². The highest BCUT2D eigenvalue weighted by Gasteiger charge is 2.48. The maximum Gasteiger partial charge on any atom is 0.271 e. The van der Waals surface area contributed by atoms with E-state index in [-0.39, 0.29) is 51.8 Å². The summed E-state index contributed by atoms with van der Waals surface area (Å²) in [6.45, 7) is -0.689. The maximum absolute atomic E-state index is 10.9. The number of aromatic hydroxyl groups is 5. The number of phenols is 4. The number of rotatable bonds is 7. The highest BCUT2D eigenvalue weighted by molar-refractivity contribution is 5.93. The van der Waals surface area contributed by atoms with Gasteiger partial charge in [-0.3, -0.25) is 0 Å². The van der Waals surface area contributed by atoms with Crippen LogP contribution in [0.3, 0.4) is 0 Å². The topological polar surface area (TPSA) is 221 Å². The molecular formula is C31H31O14+. The molecule has 0 spiro atoms. The maximum atomic E-state index is 10.9. The highest BCUT2D eigenvalue weighted by Crippen LogP contribution is 2.54. The molecule has 3 aromatic carbocycles. The first-order valence-corrected chi connectivity index (χ1v) is 13.7. The molecule has 1 unspecified atom stereocenters. The van der Waals surface area contributed by atoms with Gasteiger partial charge in [0, 0.05) is 17.2 Å². The Balaban J connectivity index is 1.59. The predicted molar refractivity (Wildman–Crippen MR) is 154 cm³/mol. The molecule has 14 nitrogen and oxygen atoms in total. The van der Waals surface area contributed by atoms with Crippen molar-refractivity contribution in [2.24, 2.45) is 0 Å². The Morgan fingerprint density at radius 3 is 2.20 bits per heavy atom. The van der Waals surface area contributed by atoms with Crippen LogP contribution in [0.2, 0.25) is 0 Å². The molecule has 0 saturated carbocycles. The van der Waals surface area contributed by atoms with Gasteiger partial charge in [-0.1, -0.05) is 0 Å². The van der Waals surface area contributed by atoms with E-state index in [0.29, 0.717) is 22.3 Å². The molecule has 0 bridgehead atoms. The Morgan fingerprint density at radius 2 is 1.56 bits per heavy atom. The summed E-state index contributed by atoms with van der Waals surface area (Å²) in [4.78, 5) is 0. The van der Waals surface area contributed by atoms with Crippen LogP contribution in [-0.4, -0.2) is 97.1 Å². The lowest BCUT2D eigenvalue weighted by molar-refractivity contribution is -0.295. The molecule has 3 heterocycles. The summed E-state index contributed by atoms with van der Waals surface area (Å²) in [6, 6.07) is 9.76. The third-order valence-electron chi connectivity index (χ3n) is 7.78. The van der Waals surface area contributed by atoms with E-state index in [2.05, 4.69) is 0 Å². The van der Waals surface area contributed by atoms with Crippen molar-refractivity contribution in [3.63, 3.8) is 0 Å². The van der Waals surface area contributed by atoms with Crippen LogP contribution in [0.25, 0.3) is 11.3 Å². The number of allylic oxidation sites excluding steroid dienone is 2. The number of methoxy groups -OCH3 is 2. The molecule has 3 aliphatic rings. The van der Waals surface area contributed by atoms with Crippen LogP contribution >= 0.6 is 0 Å². The SMILES string of the molecule is COc1cc(C2[OH+]c3cc(O)cc4c3C(=C2O[C@@H]2O[C@H](CO)[C@@H](O)[C@H](O)[C@H]2O)C=C(c2ccc(O)c(O)c2)O4)cc(OC)c1O. The third kappa shape index (κ3) is 5.18. The van der Waals surface area contributed by atoms with Gasteiger partial charge >= 0.3 is 0 Å². The first-order chi connectivity index (χ1) is 21.5. The molecule has 1 saturated heterocycles. The molecule has 3 aliphatic heterocycles. The van der Waals surface area contributed by atoms with Crippen molar-refractivity contribution in [2.75, 3.05) is 20.8 Å². The zero-order chi connectivity index (χ0) is 32.2. The number of phenolic OH excluding ortho intramolecular Hbond substituents is 4. The first kappa shape index (κ1) is 30.2.